The summed E-state index contributed by atoms with van der Waals surface area (Å²) in [5.74, 6) is -0.377. The third-order valence-electron chi connectivity index (χ3n) is 7.57. The molecule has 2 fully saturated rings. The number of nitrogens with zero attached hydrogens (tertiary/aromatic N) is 1. The van der Waals surface area contributed by atoms with E-state index in [9.17, 15) is 18.0 Å². The minimum absolute atomic E-state index is 0.0484. The predicted molar refractivity (Wildman–Crippen MR) is 137 cm³/mol. The lowest BCUT2D eigenvalue weighted by atomic mass is 9.70. The van der Waals surface area contributed by atoms with Gasteiger partial charge in [0, 0.05) is 28.7 Å². The van der Waals surface area contributed by atoms with Crippen molar-refractivity contribution in [3.63, 3.8) is 0 Å². The topological polar surface area (TPSA) is 95.6 Å². The van der Waals surface area contributed by atoms with Gasteiger partial charge in [-0.25, -0.2) is 8.42 Å². The van der Waals surface area contributed by atoms with Crippen molar-refractivity contribution in [3.05, 3.63) is 58.3 Å². The molecule has 1 atom stereocenters. The van der Waals surface area contributed by atoms with Crippen molar-refractivity contribution in [1.82, 2.24) is 9.62 Å². The molecule has 2 aliphatic carbocycles. The summed E-state index contributed by atoms with van der Waals surface area (Å²) >= 11 is 1.56. The molecular weight excluding hydrogens is 482 g/mol. The van der Waals surface area contributed by atoms with Crippen molar-refractivity contribution in [2.24, 2.45) is 0 Å². The summed E-state index contributed by atoms with van der Waals surface area (Å²) < 4.78 is 28.8. The fourth-order valence-electron chi connectivity index (χ4n) is 5.60. The van der Waals surface area contributed by atoms with Crippen LogP contribution in [-0.2, 0) is 27.7 Å². The normalized spacial score (nSPS) is 21.5. The van der Waals surface area contributed by atoms with Gasteiger partial charge in [-0.15, -0.1) is 11.3 Å². The Labute approximate surface area is 210 Å². The van der Waals surface area contributed by atoms with Gasteiger partial charge in [-0.3, -0.25) is 9.59 Å². The number of nitrogens with one attached hydrogen (secondary N) is 2. The fraction of sp³-hybridized carbons (Fsp3) is 0.462. The van der Waals surface area contributed by atoms with Crippen LogP contribution in [0.2, 0.25) is 0 Å². The highest BCUT2D eigenvalue weighted by Crippen LogP contribution is 2.47. The second kappa shape index (κ2) is 9.52. The summed E-state index contributed by atoms with van der Waals surface area (Å²) in [5.41, 5.74) is 1.41. The number of rotatable bonds is 6. The first-order valence-electron chi connectivity index (χ1n) is 12.3. The van der Waals surface area contributed by atoms with Crippen LogP contribution in [0.15, 0.2) is 47.9 Å². The SMILES string of the molecule is C=CC(=O)NC1CCN(S(=O)(=O)c2ccc(NC(=O)c3cc4c(s3)CCCC4)cc2)C2(CCC2)C1. The summed E-state index contributed by atoms with van der Waals surface area (Å²) in [6.07, 6.45) is 9.43. The third kappa shape index (κ3) is 4.69. The molecule has 0 radical (unpaired) electrons. The number of hydrogen-bond acceptors (Lipinski definition) is 5. The van der Waals surface area contributed by atoms with Gasteiger partial charge in [-0.2, -0.15) is 4.31 Å². The van der Waals surface area contributed by atoms with E-state index < -0.39 is 15.6 Å². The number of thiophene rings is 1. The molecule has 2 amide bonds. The zero-order chi connectivity index (χ0) is 24.6. The monoisotopic (exact) mass is 513 g/mol. The molecule has 1 saturated carbocycles. The highest BCUT2D eigenvalue weighted by Gasteiger charge is 2.51. The van der Waals surface area contributed by atoms with Crippen LogP contribution in [-0.4, -0.2) is 42.7 Å². The second-order valence-corrected chi connectivity index (χ2v) is 12.8. The smallest absolute Gasteiger partial charge is 0.265 e. The number of benzene rings is 1. The Balaban J connectivity index is 1.28. The largest absolute Gasteiger partial charge is 0.350 e. The molecule has 1 aromatic heterocycles. The molecule has 7 nitrogen and oxygen atoms in total. The van der Waals surface area contributed by atoms with Crippen molar-refractivity contribution in [2.75, 3.05) is 11.9 Å². The summed E-state index contributed by atoms with van der Waals surface area (Å²) in [5, 5.41) is 5.85. The number of piperidine rings is 1. The molecule has 5 rings (SSSR count). The van der Waals surface area contributed by atoms with Gasteiger partial charge in [0.25, 0.3) is 5.91 Å². The Morgan fingerprint density at radius 1 is 1.11 bits per heavy atom. The van der Waals surface area contributed by atoms with Gasteiger partial charge in [0.15, 0.2) is 0 Å². The van der Waals surface area contributed by atoms with E-state index in [0.717, 1.165) is 32.1 Å². The van der Waals surface area contributed by atoms with Gasteiger partial charge in [-0.05, 0) is 99.8 Å². The molecule has 1 unspecified atom stereocenters. The summed E-state index contributed by atoms with van der Waals surface area (Å²) in [6.45, 7) is 3.87. The predicted octanol–water partition coefficient (Wildman–Crippen LogP) is 4.26. The van der Waals surface area contributed by atoms with E-state index in [1.165, 1.54) is 29.4 Å². The summed E-state index contributed by atoms with van der Waals surface area (Å²) in [4.78, 5) is 26.7. The van der Waals surface area contributed by atoms with Crippen LogP contribution in [0.5, 0.6) is 0 Å². The number of hydrogen-bond donors (Lipinski definition) is 2. The molecule has 1 saturated heterocycles. The van der Waals surface area contributed by atoms with Crippen LogP contribution in [0, 0.1) is 0 Å². The Morgan fingerprint density at radius 2 is 1.86 bits per heavy atom. The molecule has 2 N–H and O–H groups in total. The van der Waals surface area contributed by atoms with E-state index in [-0.39, 0.29) is 22.8 Å². The maximum atomic E-state index is 13.6. The van der Waals surface area contributed by atoms with Gasteiger partial charge in [-0.1, -0.05) is 6.58 Å². The molecule has 1 aliphatic heterocycles. The number of amides is 2. The van der Waals surface area contributed by atoms with Crippen molar-refractivity contribution in [3.8, 4) is 0 Å². The molecule has 2 heterocycles. The van der Waals surface area contributed by atoms with Gasteiger partial charge in [0.1, 0.15) is 0 Å². The molecule has 3 aliphatic rings. The molecule has 35 heavy (non-hydrogen) atoms. The standard InChI is InChI=1S/C26H31N3O4S2/c1-2-24(30)27-20-12-15-29(26(17-20)13-5-14-26)35(32,33)21-10-8-19(9-11-21)28-25(31)23-16-18-6-3-4-7-22(18)34-23/h2,8-11,16,20H,1,3-7,12-15,17H2,(H,27,30)(H,28,31). The number of sulfonamides is 1. The number of carbonyl (C=O) groups is 2. The minimum atomic E-state index is -3.70. The first kappa shape index (κ1) is 24.2. The average Bonchev–Trinajstić information content (AvgIpc) is 3.28. The highest BCUT2D eigenvalue weighted by atomic mass is 32.2. The van der Waals surface area contributed by atoms with Crippen molar-refractivity contribution in [1.29, 1.82) is 0 Å². The number of carbonyl (C=O) groups excluding carboxylic acids is 2. The molecule has 0 bridgehead atoms. The van der Waals surface area contributed by atoms with Gasteiger partial charge in [0.05, 0.1) is 9.77 Å². The molecule has 1 spiro atoms. The average molecular weight is 514 g/mol. The first-order chi connectivity index (χ1) is 16.8. The lowest BCUT2D eigenvalue weighted by molar-refractivity contribution is -0.117. The zero-order valence-electron chi connectivity index (χ0n) is 19.7. The van der Waals surface area contributed by atoms with Gasteiger partial charge >= 0.3 is 0 Å². The molecule has 2 aromatic rings. The lowest BCUT2D eigenvalue weighted by Gasteiger charge is -2.54. The van der Waals surface area contributed by atoms with Crippen LogP contribution in [0.25, 0.3) is 0 Å². The number of anilines is 1. The Hall–Kier alpha value is -2.49. The van der Waals surface area contributed by atoms with Crippen LogP contribution in [0.4, 0.5) is 5.69 Å². The highest BCUT2D eigenvalue weighted by molar-refractivity contribution is 7.89. The van der Waals surface area contributed by atoms with E-state index in [0.29, 0.717) is 30.0 Å². The maximum Gasteiger partial charge on any atom is 0.265 e. The van der Waals surface area contributed by atoms with E-state index in [1.54, 1.807) is 39.9 Å². The van der Waals surface area contributed by atoms with Crippen LogP contribution < -0.4 is 10.6 Å². The van der Waals surface area contributed by atoms with Crippen molar-refractivity contribution in [2.45, 2.75) is 74.3 Å². The van der Waals surface area contributed by atoms with Gasteiger partial charge in [0.2, 0.25) is 15.9 Å². The number of aryl methyl sites for hydroxylation is 2. The summed E-state index contributed by atoms with van der Waals surface area (Å²) in [6, 6.07) is 8.40. The molecule has 9 heteroatoms. The summed E-state index contributed by atoms with van der Waals surface area (Å²) in [7, 11) is -3.70. The van der Waals surface area contributed by atoms with E-state index in [2.05, 4.69) is 17.2 Å². The lowest BCUT2D eigenvalue weighted by Crippen LogP contribution is -2.63. The van der Waals surface area contributed by atoms with Crippen LogP contribution in [0.3, 0.4) is 0 Å². The molecular formula is C26H31N3O4S2. The molecule has 186 valence electrons. The minimum Gasteiger partial charge on any atom is -0.350 e. The third-order valence-corrected chi connectivity index (χ3v) is 10.8. The van der Waals surface area contributed by atoms with E-state index in [4.69, 9.17) is 0 Å². The quantitative estimate of drug-likeness (QED) is 0.565. The van der Waals surface area contributed by atoms with Crippen LogP contribution in [0.1, 0.15) is 65.1 Å². The van der Waals surface area contributed by atoms with Crippen molar-refractivity contribution >= 4 is 38.9 Å². The Bertz CT molecular complexity index is 1220. The Kier molecular flexibility index (Phi) is 6.59. The van der Waals surface area contributed by atoms with Crippen LogP contribution >= 0.6 is 11.3 Å². The fourth-order valence-corrected chi connectivity index (χ4v) is 8.60. The van der Waals surface area contributed by atoms with E-state index >= 15 is 0 Å². The Morgan fingerprint density at radius 3 is 2.51 bits per heavy atom. The number of fused-ring (bicyclic) bond motifs is 1. The molecule has 1 aromatic carbocycles. The van der Waals surface area contributed by atoms with E-state index in [1.807, 2.05) is 6.07 Å². The maximum absolute atomic E-state index is 13.6. The van der Waals surface area contributed by atoms with Crippen molar-refractivity contribution < 1.29 is 18.0 Å². The first-order valence-corrected chi connectivity index (χ1v) is 14.6. The van der Waals surface area contributed by atoms with Gasteiger partial charge < -0.3 is 10.6 Å². The second-order valence-electron chi connectivity index (χ2n) is 9.80. The zero-order valence-corrected chi connectivity index (χ0v) is 21.3.